The van der Waals surface area contributed by atoms with E-state index in [-0.39, 0.29) is 16.6 Å². The van der Waals surface area contributed by atoms with Gasteiger partial charge in [0.15, 0.2) is 0 Å². The number of fused-ring (bicyclic) bond motifs is 1. The number of rotatable bonds is 1. The maximum absolute atomic E-state index is 14.1. The Morgan fingerprint density at radius 1 is 1.22 bits per heavy atom. The number of alkyl halides is 6. The predicted molar refractivity (Wildman–Crippen MR) is 83.9 cm³/mol. The van der Waals surface area contributed by atoms with Gasteiger partial charge in [-0.2, -0.15) is 26.3 Å². The molecular formula is C17H12ClF6NO2. The van der Waals surface area contributed by atoms with Crippen molar-refractivity contribution in [3.05, 3.63) is 28.8 Å². The van der Waals surface area contributed by atoms with E-state index in [2.05, 4.69) is 11.2 Å². The average molecular weight is 412 g/mol. The van der Waals surface area contributed by atoms with Crippen LogP contribution in [0.5, 0.6) is 0 Å². The molecule has 0 saturated heterocycles. The highest BCUT2D eigenvalue weighted by Crippen LogP contribution is 2.49. The summed E-state index contributed by atoms with van der Waals surface area (Å²) in [7, 11) is 0. The van der Waals surface area contributed by atoms with Crippen LogP contribution in [0.2, 0.25) is 5.02 Å². The van der Waals surface area contributed by atoms with E-state index < -0.39 is 41.9 Å². The van der Waals surface area contributed by atoms with Crippen LogP contribution in [-0.4, -0.2) is 24.4 Å². The Labute approximate surface area is 155 Å². The van der Waals surface area contributed by atoms with Crippen molar-refractivity contribution in [1.82, 2.24) is 0 Å². The van der Waals surface area contributed by atoms with E-state index >= 15 is 0 Å². The molecule has 1 fully saturated rings. The maximum atomic E-state index is 14.1. The van der Waals surface area contributed by atoms with Crippen molar-refractivity contribution >= 4 is 23.2 Å². The lowest BCUT2D eigenvalue weighted by Gasteiger charge is -2.33. The second kappa shape index (κ2) is 6.60. The molecule has 1 aliphatic heterocycles. The summed E-state index contributed by atoms with van der Waals surface area (Å²) in [5.41, 5.74) is -4.41. The monoisotopic (exact) mass is 411 g/mol. The highest BCUT2D eigenvalue weighted by Gasteiger charge is 2.61. The zero-order valence-electron chi connectivity index (χ0n) is 13.5. The van der Waals surface area contributed by atoms with E-state index in [1.807, 2.05) is 5.92 Å². The number of ether oxygens (including phenoxy) is 1. The third-order valence-corrected chi connectivity index (χ3v) is 4.31. The Morgan fingerprint density at radius 2 is 1.89 bits per heavy atom. The van der Waals surface area contributed by atoms with E-state index in [1.165, 1.54) is 6.07 Å². The van der Waals surface area contributed by atoms with Crippen LogP contribution in [0.4, 0.5) is 32.0 Å². The first-order valence-electron chi connectivity index (χ1n) is 7.86. The fourth-order valence-corrected chi connectivity index (χ4v) is 2.80. The SMILES string of the molecule is O=C1Nc2ccc(Cl)cc2[C@@](C#CC2CC2)(C(F)(F)F)O[C@H]1CC(F)(F)F. The Hall–Kier alpha value is -1.92. The number of hydrogen-bond acceptors (Lipinski definition) is 2. The highest BCUT2D eigenvalue weighted by atomic mass is 35.5. The largest absolute Gasteiger partial charge is 0.433 e. The zero-order valence-corrected chi connectivity index (χ0v) is 14.2. The smallest absolute Gasteiger partial charge is 0.336 e. The standard InChI is InChI=1S/C17H12ClF6NO2/c18-10-3-4-12-11(7-10)15(17(22,23)24,6-5-9-1-2-9)27-13(14(26)25-12)8-16(19,20)21/h3-4,7,9,13H,1-2,8H2,(H,25,26)/t13-,15-/m0/s1. The number of anilines is 1. The molecule has 1 N–H and O–H groups in total. The summed E-state index contributed by atoms with van der Waals surface area (Å²) in [6.45, 7) is 0. The van der Waals surface area contributed by atoms with Crippen LogP contribution in [0.15, 0.2) is 18.2 Å². The number of halogens is 7. The lowest BCUT2D eigenvalue weighted by Crippen LogP contribution is -2.47. The van der Waals surface area contributed by atoms with E-state index in [0.717, 1.165) is 12.1 Å². The molecule has 1 aromatic carbocycles. The molecule has 1 heterocycles. The van der Waals surface area contributed by atoms with Crippen molar-refractivity contribution in [3.63, 3.8) is 0 Å². The third kappa shape index (κ3) is 4.17. The fraction of sp³-hybridized carbons (Fsp3) is 0.471. The van der Waals surface area contributed by atoms with Gasteiger partial charge in [0.25, 0.3) is 11.5 Å². The van der Waals surface area contributed by atoms with Gasteiger partial charge in [-0.15, -0.1) is 0 Å². The van der Waals surface area contributed by atoms with E-state index in [9.17, 15) is 31.1 Å². The van der Waals surface area contributed by atoms with Crippen molar-refractivity contribution in [1.29, 1.82) is 0 Å². The minimum atomic E-state index is -5.22. The lowest BCUT2D eigenvalue weighted by atomic mass is 9.91. The molecule has 3 nitrogen and oxygen atoms in total. The molecule has 0 unspecified atom stereocenters. The first kappa shape index (κ1) is 19.8. The number of amides is 1. The second-order valence-corrected chi connectivity index (χ2v) is 6.76. The number of carbonyl (C=O) groups is 1. The molecule has 146 valence electrons. The van der Waals surface area contributed by atoms with Crippen molar-refractivity contribution in [2.75, 3.05) is 5.32 Å². The minimum absolute atomic E-state index is 0.109. The van der Waals surface area contributed by atoms with Crippen molar-refractivity contribution in [2.45, 2.75) is 43.3 Å². The number of benzene rings is 1. The van der Waals surface area contributed by atoms with Gasteiger partial charge < -0.3 is 10.1 Å². The van der Waals surface area contributed by atoms with Gasteiger partial charge in [0.05, 0.1) is 6.42 Å². The molecule has 1 aromatic rings. The summed E-state index contributed by atoms with van der Waals surface area (Å²) >= 11 is 5.80. The molecule has 2 atom stereocenters. The molecular weight excluding hydrogens is 400 g/mol. The van der Waals surface area contributed by atoms with Crippen LogP contribution < -0.4 is 5.32 Å². The molecule has 1 saturated carbocycles. The van der Waals surface area contributed by atoms with E-state index in [0.29, 0.717) is 12.8 Å². The third-order valence-electron chi connectivity index (χ3n) is 4.08. The van der Waals surface area contributed by atoms with Gasteiger partial charge in [-0.05, 0) is 31.0 Å². The lowest BCUT2D eigenvalue weighted by molar-refractivity contribution is -0.277. The molecule has 10 heteroatoms. The Bertz CT molecular complexity index is 821. The summed E-state index contributed by atoms with van der Waals surface area (Å²) in [5.74, 6) is 2.76. The van der Waals surface area contributed by atoms with Gasteiger partial charge in [-0.25, -0.2) is 0 Å². The molecule has 2 aliphatic rings. The van der Waals surface area contributed by atoms with Gasteiger partial charge in [0, 0.05) is 22.2 Å². The van der Waals surface area contributed by atoms with Crippen molar-refractivity contribution in [2.24, 2.45) is 5.92 Å². The fourth-order valence-electron chi connectivity index (χ4n) is 2.62. The molecule has 1 amide bonds. The zero-order chi connectivity index (χ0) is 20.0. The van der Waals surface area contributed by atoms with Crippen LogP contribution in [-0.2, 0) is 15.1 Å². The molecule has 3 rings (SSSR count). The van der Waals surface area contributed by atoms with Crippen LogP contribution in [0.3, 0.4) is 0 Å². The summed E-state index contributed by atoms with van der Waals surface area (Å²) in [6, 6.07) is 3.18. The van der Waals surface area contributed by atoms with Crippen molar-refractivity contribution < 1.29 is 35.9 Å². The summed E-state index contributed by atoms with van der Waals surface area (Å²) in [5, 5.41) is 1.95. The van der Waals surface area contributed by atoms with Gasteiger partial charge in [-0.1, -0.05) is 23.4 Å². The van der Waals surface area contributed by atoms with E-state index in [4.69, 9.17) is 16.3 Å². The topological polar surface area (TPSA) is 38.3 Å². The summed E-state index contributed by atoms with van der Waals surface area (Å²) < 4.78 is 85.6. The molecule has 0 radical (unpaired) electrons. The normalized spacial score (nSPS) is 25.7. The molecule has 27 heavy (non-hydrogen) atoms. The van der Waals surface area contributed by atoms with Gasteiger partial charge in [0.2, 0.25) is 0 Å². The average Bonchev–Trinajstić information content (AvgIpc) is 3.33. The number of hydrogen-bond donors (Lipinski definition) is 1. The Kier molecular flexibility index (Phi) is 4.85. The Balaban J connectivity index is 2.20. The van der Waals surface area contributed by atoms with Gasteiger partial charge in [0.1, 0.15) is 6.10 Å². The molecule has 1 aliphatic carbocycles. The Morgan fingerprint density at radius 3 is 2.44 bits per heavy atom. The van der Waals surface area contributed by atoms with Crippen LogP contribution in [0.1, 0.15) is 24.8 Å². The summed E-state index contributed by atoms with van der Waals surface area (Å²) in [4.78, 5) is 12.1. The van der Waals surface area contributed by atoms with E-state index in [1.54, 1.807) is 0 Å². The minimum Gasteiger partial charge on any atom is -0.336 e. The van der Waals surface area contributed by atoms with Crippen LogP contribution in [0, 0.1) is 17.8 Å². The first-order chi connectivity index (χ1) is 12.4. The first-order valence-corrected chi connectivity index (χ1v) is 8.24. The van der Waals surface area contributed by atoms with Crippen LogP contribution >= 0.6 is 11.6 Å². The quantitative estimate of drug-likeness (QED) is 0.532. The number of nitrogens with one attached hydrogen (secondary N) is 1. The second-order valence-electron chi connectivity index (χ2n) is 6.33. The van der Waals surface area contributed by atoms with Gasteiger partial charge in [-0.3, -0.25) is 4.79 Å². The molecule has 0 bridgehead atoms. The van der Waals surface area contributed by atoms with Crippen LogP contribution in [0.25, 0.3) is 0 Å². The highest BCUT2D eigenvalue weighted by molar-refractivity contribution is 6.30. The van der Waals surface area contributed by atoms with Crippen molar-refractivity contribution in [3.8, 4) is 11.8 Å². The van der Waals surface area contributed by atoms with Gasteiger partial charge >= 0.3 is 12.4 Å². The summed E-state index contributed by atoms with van der Waals surface area (Å²) in [6.07, 6.45) is -13.3. The molecule has 0 aromatic heterocycles. The molecule has 0 spiro atoms. The number of carbonyl (C=O) groups excluding carboxylic acids is 1. The predicted octanol–water partition coefficient (Wildman–Crippen LogP) is 4.80. The maximum Gasteiger partial charge on any atom is 0.433 e.